The monoisotopic (exact) mass is 417 g/mol. The molecule has 0 bridgehead atoms. The van der Waals surface area contributed by atoms with Gasteiger partial charge in [-0.3, -0.25) is 14.6 Å². The second kappa shape index (κ2) is 7.76. The summed E-state index contributed by atoms with van der Waals surface area (Å²) in [4.78, 5) is 32.3. The maximum Gasteiger partial charge on any atom is 0.227 e. The lowest BCUT2D eigenvalue weighted by atomic mass is 9.95. The number of aromatic nitrogens is 1. The molecule has 1 aliphatic carbocycles. The van der Waals surface area contributed by atoms with Crippen molar-refractivity contribution in [2.24, 2.45) is 11.8 Å². The van der Waals surface area contributed by atoms with Crippen molar-refractivity contribution in [3.05, 3.63) is 60.5 Å². The molecule has 1 saturated carbocycles. The maximum atomic E-state index is 14.9. The van der Waals surface area contributed by atoms with Crippen molar-refractivity contribution in [1.82, 2.24) is 9.88 Å². The Morgan fingerprint density at radius 2 is 1.84 bits per heavy atom. The molecule has 0 spiro atoms. The zero-order valence-electron chi connectivity index (χ0n) is 17.4. The van der Waals surface area contributed by atoms with E-state index < -0.39 is 5.82 Å². The molecule has 1 aromatic heterocycles. The highest BCUT2D eigenvalue weighted by atomic mass is 19.1. The molecule has 2 fully saturated rings. The van der Waals surface area contributed by atoms with Gasteiger partial charge in [0.05, 0.1) is 11.2 Å². The van der Waals surface area contributed by atoms with Gasteiger partial charge in [-0.05, 0) is 48.2 Å². The van der Waals surface area contributed by atoms with Gasteiger partial charge in [0, 0.05) is 50.0 Å². The van der Waals surface area contributed by atoms with Gasteiger partial charge in [-0.1, -0.05) is 24.3 Å². The van der Waals surface area contributed by atoms with E-state index in [1.165, 1.54) is 11.0 Å². The third-order valence-corrected chi connectivity index (χ3v) is 6.28. The molecule has 2 aromatic carbocycles. The van der Waals surface area contributed by atoms with Crippen LogP contribution in [0.25, 0.3) is 22.0 Å². The fraction of sp³-hybridized carbons (Fsp3) is 0.320. The Hall–Kier alpha value is -3.28. The van der Waals surface area contributed by atoms with Crippen LogP contribution in [0.4, 0.5) is 10.1 Å². The molecule has 158 valence electrons. The third kappa shape index (κ3) is 3.90. The molecule has 0 unspecified atom stereocenters. The zero-order valence-corrected chi connectivity index (χ0v) is 17.4. The van der Waals surface area contributed by atoms with Crippen LogP contribution >= 0.6 is 0 Å². The highest BCUT2D eigenvalue weighted by Crippen LogP contribution is 2.34. The highest BCUT2D eigenvalue weighted by molar-refractivity contribution is 5.94. The Morgan fingerprint density at radius 1 is 1.10 bits per heavy atom. The zero-order chi connectivity index (χ0) is 21.5. The van der Waals surface area contributed by atoms with Gasteiger partial charge >= 0.3 is 0 Å². The number of nitrogens with zero attached hydrogens (tertiary/aromatic N) is 3. The van der Waals surface area contributed by atoms with Crippen molar-refractivity contribution in [1.29, 1.82) is 0 Å². The molecule has 0 atom stereocenters. The molecular formula is C25H24FN3O2. The first-order chi connectivity index (χ1) is 15.0. The third-order valence-electron chi connectivity index (χ3n) is 6.28. The van der Waals surface area contributed by atoms with Gasteiger partial charge in [-0.2, -0.15) is 0 Å². The van der Waals surface area contributed by atoms with Gasteiger partial charge in [0.25, 0.3) is 0 Å². The number of carbonyl (C=O) groups excluding carboxylic acids is 2. The van der Waals surface area contributed by atoms with E-state index in [0.717, 1.165) is 34.9 Å². The average molecular weight is 417 g/mol. The maximum absolute atomic E-state index is 14.9. The van der Waals surface area contributed by atoms with E-state index in [1.807, 2.05) is 41.3 Å². The van der Waals surface area contributed by atoms with Gasteiger partial charge < -0.3 is 9.80 Å². The molecular weight excluding hydrogens is 393 g/mol. The lowest BCUT2D eigenvalue weighted by Crippen LogP contribution is -2.52. The van der Waals surface area contributed by atoms with Crippen molar-refractivity contribution in [3.63, 3.8) is 0 Å². The molecule has 5 rings (SSSR count). The number of carbonyl (C=O) groups is 2. The summed E-state index contributed by atoms with van der Waals surface area (Å²) < 4.78 is 14.9. The van der Waals surface area contributed by atoms with Crippen molar-refractivity contribution in [2.45, 2.75) is 19.3 Å². The fourth-order valence-electron chi connectivity index (χ4n) is 4.19. The predicted molar refractivity (Wildman–Crippen MR) is 118 cm³/mol. The van der Waals surface area contributed by atoms with E-state index in [9.17, 15) is 14.0 Å². The Morgan fingerprint density at radius 3 is 2.58 bits per heavy atom. The highest BCUT2D eigenvalue weighted by Gasteiger charge is 2.39. The van der Waals surface area contributed by atoms with Crippen LogP contribution < -0.4 is 4.90 Å². The molecule has 3 aromatic rings. The van der Waals surface area contributed by atoms with Crippen molar-refractivity contribution in [2.75, 3.05) is 25.0 Å². The van der Waals surface area contributed by atoms with Gasteiger partial charge in [-0.15, -0.1) is 0 Å². The van der Waals surface area contributed by atoms with Crippen molar-refractivity contribution < 1.29 is 14.0 Å². The van der Waals surface area contributed by atoms with E-state index in [-0.39, 0.29) is 29.3 Å². The topological polar surface area (TPSA) is 53.5 Å². The van der Waals surface area contributed by atoms with Crippen LogP contribution in [0.5, 0.6) is 0 Å². The van der Waals surface area contributed by atoms with Crippen LogP contribution in [0.15, 0.2) is 54.7 Å². The van der Waals surface area contributed by atoms with Gasteiger partial charge in [-0.25, -0.2) is 4.39 Å². The minimum Gasteiger partial charge on any atom is -0.342 e. The summed E-state index contributed by atoms with van der Waals surface area (Å²) >= 11 is 0. The summed E-state index contributed by atoms with van der Waals surface area (Å²) in [6, 6.07) is 14.6. The van der Waals surface area contributed by atoms with Crippen LogP contribution in [0.1, 0.15) is 19.3 Å². The standard InChI is InChI=1S/C25H24FN3O2/c1-28(24(30)11-16-14-29(15-16)25(31)18-5-6-18)23-9-8-19(12-21(23)26)20-7-4-17-3-2-10-27-22(17)13-20/h2-4,7-10,12-13,16,18H,5-6,11,14-15H2,1H3. The normalized spacial score (nSPS) is 16.3. The Labute approximate surface area is 180 Å². The second-order valence-electron chi connectivity index (χ2n) is 8.62. The molecule has 5 nitrogen and oxygen atoms in total. The number of anilines is 1. The lowest BCUT2D eigenvalue weighted by molar-refractivity contribution is -0.140. The molecule has 6 heteroatoms. The summed E-state index contributed by atoms with van der Waals surface area (Å²) in [7, 11) is 1.60. The molecule has 1 saturated heterocycles. The summed E-state index contributed by atoms with van der Waals surface area (Å²) in [6.07, 6.45) is 4.04. The number of rotatable bonds is 5. The SMILES string of the molecule is CN(C(=O)CC1CN(C(=O)C2CC2)C1)c1ccc(-c2ccc3cccnc3c2)cc1F. The number of halogens is 1. The van der Waals surface area contributed by atoms with Crippen LogP contribution in [-0.2, 0) is 9.59 Å². The number of hydrogen-bond donors (Lipinski definition) is 0. The van der Waals surface area contributed by atoms with Crippen LogP contribution in [0, 0.1) is 17.7 Å². The molecule has 0 N–H and O–H groups in total. The summed E-state index contributed by atoms with van der Waals surface area (Å²) in [5.74, 6) is 0.0247. The van der Waals surface area contributed by atoms with E-state index >= 15 is 0 Å². The van der Waals surface area contributed by atoms with Crippen LogP contribution in [0.3, 0.4) is 0 Å². The Bertz CT molecular complexity index is 1170. The number of benzene rings is 2. The molecule has 1 aliphatic heterocycles. The average Bonchev–Trinajstić information content (AvgIpc) is 3.60. The largest absolute Gasteiger partial charge is 0.342 e. The van der Waals surface area contributed by atoms with Crippen LogP contribution in [-0.4, -0.2) is 41.8 Å². The predicted octanol–water partition coefficient (Wildman–Crippen LogP) is 4.26. The van der Waals surface area contributed by atoms with Crippen LogP contribution in [0.2, 0.25) is 0 Å². The van der Waals surface area contributed by atoms with Crippen molar-refractivity contribution >= 4 is 28.4 Å². The van der Waals surface area contributed by atoms with E-state index in [0.29, 0.717) is 19.5 Å². The Balaban J connectivity index is 1.25. The second-order valence-corrected chi connectivity index (χ2v) is 8.62. The van der Waals surface area contributed by atoms with E-state index in [4.69, 9.17) is 0 Å². The van der Waals surface area contributed by atoms with Gasteiger partial charge in [0.15, 0.2) is 0 Å². The molecule has 31 heavy (non-hydrogen) atoms. The summed E-state index contributed by atoms with van der Waals surface area (Å²) in [5, 5.41) is 1.03. The number of pyridine rings is 1. The minimum atomic E-state index is -0.436. The number of hydrogen-bond acceptors (Lipinski definition) is 3. The minimum absolute atomic E-state index is 0.134. The Kier molecular flexibility index (Phi) is 4.93. The number of likely N-dealkylation sites (tertiary alicyclic amines) is 1. The summed E-state index contributed by atoms with van der Waals surface area (Å²) in [5.41, 5.74) is 2.73. The van der Waals surface area contributed by atoms with Gasteiger partial charge in [0.2, 0.25) is 11.8 Å². The molecule has 2 heterocycles. The van der Waals surface area contributed by atoms with Gasteiger partial charge in [0.1, 0.15) is 5.82 Å². The first-order valence-corrected chi connectivity index (χ1v) is 10.7. The molecule has 0 radical (unpaired) electrons. The number of amides is 2. The van der Waals surface area contributed by atoms with E-state index in [2.05, 4.69) is 4.98 Å². The molecule has 2 amide bonds. The number of fused-ring (bicyclic) bond motifs is 1. The smallest absolute Gasteiger partial charge is 0.227 e. The lowest BCUT2D eigenvalue weighted by Gasteiger charge is -2.39. The molecule has 2 aliphatic rings. The first-order valence-electron chi connectivity index (χ1n) is 10.7. The fourth-order valence-corrected chi connectivity index (χ4v) is 4.19. The first kappa shape index (κ1) is 19.7. The quantitative estimate of drug-likeness (QED) is 0.623. The summed E-state index contributed by atoms with van der Waals surface area (Å²) in [6.45, 7) is 1.26. The van der Waals surface area contributed by atoms with E-state index in [1.54, 1.807) is 19.3 Å². The van der Waals surface area contributed by atoms with Crippen molar-refractivity contribution in [3.8, 4) is 11.1 Å².